The van der Waals surface area contributed by atoms with Crippen molar-refractivity contribution in [1.29, 1.82) is 0 Å². The highest BCUT2D eigenvalue weighted by Gasteiger charge is 2.47. The number of carbonyl (C=O) groups excluding carboxylic acids is 3. The molecule has 0 unspecified atom stereocenters. The summed E-state index contributed by atoms with van der Waals surface area (Å²) in [7, 11) is 3.17. The molecule has 9 heteroatoms. The van der Waals surface area contributed by atoms with Gasteiger partial charge in [-0.3, -0.25) is 19.3 Å². The Kier molecular flexibility index (Phi) is 6.08. The number of Topliss-reactive ketones (excluding diaryl/α,β-unsaturated/α-hetero) is 3. The number of carboxylic acids is 1. The lowest BCUT2D eigenvalue weighted by atomic mass is 9.69. The fourth-order valence-corrected chi connectivity index (χ4v) is 4.87. The van der Waals surface area contributed by atoms with Gasteiger partial charge >= 0.3 is 5.97 Å². The van der Waals surface area contributed by atoms with Crippen LogP contribution in [0.5, 0.6) is 5.75 Å². The van der Waals surface area contributed by atoms with Crippen LogP contribution >= 0.6 is 0 Å². The fraction of sp³-hybridized carbons (Fsp3) is 0.391. The topological polar surface area (TPSA) is 152 Å². The zero-order chi connectivity index (χ0) is 24.1. The predicted octanol–water partition coefficient (Wildman–Crippen LogP) is 1.35. The van der Waals surface area contributed by atoms with E-state index in [0.717, 1.165) is 6.92 Å². The van der Waals surface area contributed by atoms with E-state index in [4.69, 9.17) is 0 Å². The van der Waals surface area contributed by atoms with Crippen LogP contribution in [-0.4, -0.2) is 74.9 Å². The molecule has 0 spiro atoms. The average molecular weight is 443 g/mol. The summed E-state index contributed by atoms with van der Waals surface area (Å²) < 4.78 is 0. The Bertz CT molecular complexity index is 1100. The summed E-state index contributed by atoms with van der Waals surface area (Å²) in [6.45, 7) is 2.75. The summed E-state index contributed by atoms with van der Waals surface area (Å²) in [6, 6.07) is 3.38. The van der Waals surface area contributed by atoms with Crippen LogP contribution in [-0.2, 0) is 14.4 Å². The van der Waals surface area contributed by atoms with Crippen molar-refractivity contribution in [3.05, 3.63) is 51.8 Å². The molecule has 0 radical (unpaired) electrons. The van der Waals surface area contributed by atoms with Crippen molar-refractivity contribution >= 4 is 23.3 Å². The van der Waals surface area contributed by atoms with Gasteiger partial charge in [0.2, 0.25) is 5.78 Å². The molecule has 0 fully saturated rings. The molecular formula is C23H25NO8. The number of likely N-dealkylation sites (N-methyl/N-ethyl adjacent to an activating group) is 1. The number of ketones is 3. The average Bonchev–Trinajstić information content (AvgIpc) is 2.68. The van der Waals surface area contributed by atoms with Crippen LogP contribution in [0.25, 0.3) is 0 Å². The van der Waals surface area contributed by atoms with E-state index in [2.05, 4.69) is 0 Å². The van der Waals surface area contributed by atoms with Crippen molar-refractivity contribution in [3.63, 3.8) is 0 Å². The molecule has 0 aliphatic heterocycles. The lowest BCUT2D eigenvalue weighted by Crippen LogP contribution is -2.49. The maximum Gasteiger partial charge on any atom is 0.339 e. The Hall–Kier alpha value is -3.30. The molecule has 0 saturated heterocycles. The standard InChI is InChI=1S/C23H25NO8/c1-9-11-6-5-7-13(26)17(11)21(29)18(23(31)32)15(9)20(28)12-8-14(27)16(10(2)25)22(30)19(12)24(3)4/h5-7,9,12,19-20,26,28,30H,8H2,1-4H3,(H,31,32)/t9-,12+,19-,20+/m0/s1. The zero-order valence-electron chi connectivity index (χ0n) is 18.1. The fourth-order valence-electron chi connectivity index (χ4n) is 4.87. The first kappa shape index (κ1) is 23.4. The maximum atomic E-state index is 13.0. The zero-order valence-corrected chi connectivity index (χ0v) is 18.1. The van der Waals surface area contributed by atoms with Gasteiger partial charge in [-0.15, -0.1) is 0 Å². The number of fused-ring (bicyclic) bond motifs is 1. The predicted molar refractivity (Wildman–Crippen MR) is 112 cm³/mol. The first-order valence-electron chi connectivity index (χ1n) is 10.1. The molecular weight excluding hydrogens is 418 g/mol. The lowest BCUT2D eigenvalue weighted by molar-refractivity contribution is -0.132. The van der Waals surface area contributed by atoms with E-state index in [0.29, 0.717) is 5.56 Å². The highest BCUT2D eigenvalue weighted by molar-refractivity contribution is 6.27. The minimum atomic E-state index is -1.59. The van der Waals surface area contributed by atoms with Crippen molar-refractivity contribution in [3.8, 4) is 5.75 Å². The van der Waals surface area contributed by atoms with Crippen LogP contribution in [0.4, 0.5) is 0 Å². The Morgan fingerprint density at radius 1 is 1.12 bits per heavy atom. The van der Waals surface area contributed by atoms with Crippen LogP contribution in [0, 0.1) is 5.92 Å². The normalized spacial score (nSPS) is 24.6. The number of phenolic OH excluding ortho intramolecular Hbond substituents is 1. The second-order valence-corrected chi connectivity index (χ2v) is 8.39. The Morgan fingerprint density at radius 2 is 1.75 bits per heavy atom. The molecule has 0 aromatic heterocycles. The van der Waals surface area contributed by atoms with E-state index < -0.39 is 58.6 Å². The quantitative estimate of drug-likeness (QED) is 0.494. The van der Waals surface area contributed by atoms with E-state index in [9.17, 15) is 39.6 Å². The SMILES string of the molecule is CC(=O)C1=C(O)[C@@H](N(C)C)[C@H]([C@@H](O)C2=C(C(=O)O)C(=O)c3c(O)cccc3[C@@H]2C)CC1=O. The van der Waals surface area contributed by atoms with Crippen molar-refractivity contribution in [1.82, 2.24) is 4.90 Å². The monoisotopic (exact) mass is 443 g/mol. The second kappa shape index (κ2) is 8.33. The van der Waals surface area contributed by atoms with E-state index in [1.54, 1.807) is 27.1 Å². The number of aliphatic carboxylic acids is 1. The van der Waals surface area contributed by atoms with Gasteiger partial charge in [-0.25, -0.2) is 4.79 Å². The molecule has 4 N–H and O–H groups in total. The highest BCUT2D eigenvalue weighted by Crippen LogP contribution is 2.44. The van der Waals surface area contributed by atoms with Crippen LogP contribution in [0.3, 0.4) is 0 Å². The number of aliphatic hydroxyl groups excluding tert-OH is 2. The van der Waals surface area contributed by atoms with Gasteiger partial charge in [0.25, 0.3) is 0 Å². The van der Waals surface area contributed by atoms with Gasteiger partial charge in [-0.1, -0.05) is 19.1 Å². The molecule has 0 heterocycles. The number of aliphatic hydroxyl groups is 2. The summed E-state index contributed by atoms with van der Waals surface area (Å²) in [5, 5.41) is 42.0. The number of hydrogen-bond acceptors (Lipinski definition) is 8. The minimum absolute atomic E-state index is 0.107. The Balaban J connectivity index is 2.20. The summed E-state index contributed by atoms with van der Waals surface area (Å²) in [6.07, 6.45) is -1.92. The molecule has 0 bridgehead atoms. The van der Waals surface area contributed by atoms with Gasteiger partial charge in [0, 0.05) is 18.3 Å². The largest absolute Gasteiger partial charge is 0.510 e. The number of carboxylic acid groups (broad SMARTS) is 1. The van der Waals surface area contributed by atoms with Crippen LogP contribution in [0.15, 0.2) is 40.7 Å². The van der Waals surface area contributed by atoms with E-state index in [-0.39, 0.29) is 28.9 Å². The first-order valence-corrected chi connectivity index (χ1v) is 10.1. The number of phenols is 1. The molecule has 0 amide bonds. The van der Waals surface area contributed by atoms with Crippen LogP contribution in [0.2, 0.25) is 0 Å². The summed E-state index contributed by atoms with van der Waals surface area (Å²) in [5.41, 5.74) is -0.919. The molecule has 2 aliphatic rings. The number of carbonyl (C=O) groups is 4. The van der Waals surface area contributed by atoms with Gasteiger partial charge in [0.15, 0.2) is 11.6 Å². The molecule has 0 saturated carbocycles. The van der Waals surface area contributed by atoms with Gasteiger partial charge in [-0.2, -0.15) is 0 Å². The van der Waals surface area contributed by atoms with E-state index >= 15 is 0 Å². The van der Waals surface area contributed by atoms with Gasteiger partial charge in [0.05, 0.1) is 23.3 Å². The number of hydrogen-bond donors (Lipinski definition) is 4. The Morgan fingerprint density at radius 3 is 2.28 bits per heavy atom. The number of nitrogens with zero attached hydrogens (tertiary/aromatic N) is 1. The highest BCUT2D eigenvalue weighted by atomic mass is 16.4. The van der Waals surface area contributed by atoms with Crippen molar-refractivity contribution in [2.24, 2.45) is 5.92 Å². The third kappa shape index (κ3) is 3.53. The van der Waals surface area contributed by atoms with Crippen LogP contribution in [0.1, 0.15) is 42.1 Å². The molecule has 4 atom stereocenters. The molecule has 3 rings (SSSR count). The maximum absolute atomic E-state index is 13.0. The van der Waals surface area contributed by atoms with Gasteiger partial charge in [-0.05, 0) is 38.2 Å². The summed E-state index contributed by atoms with van der Waals surface area (Å²) in [4.78, 5) is 51.1. The molecule has 1 aromatic rings. The molecule has 9 nitrogen and oxygen atoms in total. The minimum Gasteiger partial charge on any atom is -0.510 e. The number of aromatic hydroxyl groups is 1. The van der Waals surface area contributed by atoms with Gasteiger partial charge in [0.1, 0.15) is 17.1 Å². The van der Waals surface area contributed by atoms with Crippen molar-refractivity contribution in [2.75, 3.05) is 14.1 Å². The summed E-state index contributed by atoms with van der Waals surface area (Å²) >= 11 is 0. The molecule has 1 aromatic carbocycles. The molecule has 32 heavy (non-hydrogen) atoms. The van der Waals surface area contributed by atoms with Crippen molar-refractivity contribution < 1.29 is 39.6 Å². The molecule has 170 valence electrons. The first-order chi connectivity index (χ1) is 14.9. The van der Waals surface area contributed by atoms with E-state index in [1.807, 2.05) is 0 Å². The lowest BCUT2D eigenvalue weighted by Gasteiger charge is -2.40. The third-order valence-electron chi connectivity index (χ3n) is 6.24. The van der Waals surface area contributed by atoms with Crippen LogP contribution < -0.4 is 0 Å². The second-order valence-electron chi connectivity index (χ2n) is 8.39. The summed E-state index contributed by atoms with van der Waals surface area (Å²) in [5.74, 6) is -6.42. The third-order valence-corrected chi connectivity index (χ3v) is 6.24. The Labute approximate surface area is 184 Å². The molecule has 2 aliphatic carbocycles. The number of allylic oxidation sites excluding steroid dienone is 1. The number of rotatable bonds is 5. The van der Waals surface area contributed by atoms with E-state index in [1.165, 1.54) is 17.0 Å². The smallest absolute Gasteiger partial charge is 0.339 e. The van der Waals surface area contributed by atoms with Crippen molar-refractivity contribution in [2.45, 2.75) is 38.3 Å². The van der Waals surface area contributed by atoms with Gasteiger partial charge < -0.3 is 20.4 Å². The number of benzene rings is 1.